The van der Waals surface area contributed by atoms with Crippen molar-refractivity contribution in [3.8, 4) is 0 Å². The molecule has 1 aromatic carbocycles. The maximum absolute atomic E-state index is 12.7. The molecule has 0 aliphatic heterocycles. The molecule has 0 heterocycles. The van der Waals surface area contributed by atoms with Crippen molar-refractivity contribution in [2.45, 2.75) is 39.3 Å². The molecule has 0 N–H and O–H groups in total. The highest BCUT2D eigenvalue weighted by molar-refractivity contribution is 5.70. The van der Waals surface area contributed by atoms with Gasteiger partial charge in [-0.15, -0.1) is 0 Å². The number of alkyl halides is 3. The fourth-order valence-corrected chi connectivity index (χ4v) is 2.08. The molecule has 1 rings (SSSR count). The fraction of sp³-hybridized carbons (Fsp3) is 0.533. The van der Waals surface area contributed by atoms with Crippen molar-refractivity contribution in [1.82, 2.24) is 0 Å². The van der Waals surface area contributed by atoms with Gasteiger partial charge in [0.2, 0.25) is 0 Å². The minimum absolute atomic E-state index is 0.0443. The van der Waals surface area contributed by atoms with Crippen LogP contribution in [0.3, 0.4) is 0 Å². The second kappa shape index (κ2) is 6.77. The lowest BCUT2D eigenvalue weighted by atomic mass is 9.85. The van der Waals surface area contributed by atoms with Crippen LogP contribution in [0.1, 0.15) is 44.2 Å². The summed E-state index contributed by atoms with van der Waals surface area (Å²) in [6, 6.07) is 5.15. The number of hydrogen-bond donors (Lipinski definition) is 0. The largest absolute Gasteiger partial charge is 0.466 e. The first-order valence-corrected chi connectivity index (χ1v) is 6.58. The number of hydrogen-bond acceptors (Lipinski definition) is 2. The fourth-order valence-electron chi connectivity index (χ4n) is 2.08. The standard InChI is InChI=1S/C15H19F3O2/c1-4-20-14(19)9-13(10(2)3)11-6-5-7-12(8-11)15(16,17)18/h5-8,10,13H,4,9H2,1-3H3. The predicted octanol–water partition coefficient (Wildman–Crippen LogP) is 4.40. The molecule has 0 saturated carbocycles. The van der Waals surface area contributed by atoms with E-state index in [9.17, 15) is 18.0 Å². The summed E-state index contributed by atoms with van der Waals surface area (Å²) in [4.78, 5) is 11.6. The summed E-state index contributed by atoms with van der Waals surface area (Å²) in [6.45, 7) is 5.73. The SMILES string of the molecule is CCOC(=O)CC(c1cccc(C(F)(F)F)c1)C(C)C. The van der Waals surface area contributed by atoms with Gasteiger partial charge in [0.1, 0.15) is 0 Å². The lowest BCUT2D eigenvalue weighted by Crippen LogP contribution is -2.16. The zero-order valence-corrected chi connectivity index (χ0v) is 11.8. The van der Waals surface area contributed by atoms with Gasteiger partial charge >= 0.3 is 12.1 Å². The van der Waals surface area contributed by atoms with Gasteiger partial charge < -0.3 is 4.74 Å². The molecule has 1 atom stereocenters. The van der Waals surface area contributed by atoms with Gasteiger partial charge in [-0.05, 0) is 30.4 Å². The van der Waals surface area contributed by atoms with Crippen LogP contribution in [-0.2, 0) is 15.7 Å². The summed E-state index contributed by atoms with van der Waals surface area (Å²) in [5, 5.41) is 0. The molecule has 1 aromatic rings. The Kier molecular flexibility index (Phi) is 5.60. The molecule has 0 aliphatic rings. The van der Waals surface area contributed by atoms with E-state index in [4.69, 9.17) is 4.74 Å². The number of halogens is 3. The van der Waals surface area contributed by atoms with E-state index in [0.717, 1.165) is 12.1 Å². The molecule has 0 bridgehead atoms. The number of benzene rings is 1. The topological polar surface area (TPSA) is 26.3 Å². The van der Waals surface area contributed by atoms with Crippen molar-refractivity contribution >= 4 is 5.97 Å². The molecule has 112 valence electrons. The summed E-state index contributed by atoms with van der Waals surface area (Å²) in [5.74, 6) is -0.622. The normalized spacial score (nSPS) is 13.3. The number of esters is 1. The van der Waals surface area contributed by atoms with Crippen molar-refractivity contribution in [3.05, 3.63) is 35.4 Å². The van der Waals surface area contributed by atoms with Crippen molar-refractivity contribution < 1.29 is 22.7 Å². The second-order valence-corrected chi connectivity index (χ2v) is 4.98. The van der Waals surface area contributed by atoms with Crippen LogP contribution in [0.2, 0.25) is 0 Å². The zero-order valence-electron chi connectivity index (χ0n) is 11.8. The number of carbonyl (C=O) groups excluding carboxylic acids is 1. The van der Waals surface area contributed by atoms with Crippen LogP contribution >= 0.6 is 0 Å². The van der Waals surface area contributed by atoms with Crippen LogP contribution in [0.15, 0.2) is 24.3 Å². The Hall–Kier alpha value is -1.52. The highest BCUT2D eigenvalue weighted by atomic mass is 19.4. The molecule has 0 aliphatic carbocycles. The highest BCUT2D eigenvalue weighted by Gasteiger charge is 2.31. The second-order valence-electron chi connectivity index (χ2n) is 4.98. The molecule has 20 heavy (non-hydrogen) atoms. The van der Waals surface area contributed by atoms with Crippen LogP contribution in [0.5, 0.6) is 0 Å². The average molecular weight is 288 g/mol. The monoisotopic (exact) mass is 288 g/mol. The van der Waals surface area contributed by atoms with Gasteiger partial charge in [-0.3, -0.25) is 4.79 Å². The number of rotatable bonds is 5. The minimum atomic E-state index is -4.37. The Morgan fingerprint density at radius 3 is 2.45 bits per heavy atom. The summed E-state index contributed by atoms with van der Waals surface area (Å²) in [7, 11) is 0. The van der Waals surface area contributed by atoms with Gasteiger partial charge in [0, 0.05) is 0 Å². The van der Waals surface area contributed by atoms with Gasteiger partial charge in [0.05, 0.1) is 18.6 Å². The predicted molar refractivity (Wildman–Crippen MR) is 70.3 cm³/mol. The van der Waals surface area contributed by atoms with Crippen LogP contribution < -0.4 is 0 Å². The summed E-state index contributed by atoms with van der Waals surface area (Å²) in [5.41, 5.74) is -0.174. The van der Waals surface area contributed by atoms with Crippen molar-refractivity contribution in [1.29, 1.82) is 0 Å². The smallest absolute Gasteiger partial charge is 0.416 e. The van der Waals surface area contributed by atoms with Crippen LogP contribution in [0, 0.1) is 5.92 Å². The number of ether oxygens (including phenoxy) is 1. The van der Waals surface area contributed by atoms with Gasteiger partial charge in [-0.25, -0.2) is 0 Å². The molecular formula is C15H19F3O2. The lowest BCUT2D eigenvalue weighted by Gasteiger charge is -2.21. The highest BCUT2D eigenvalue weighted by Crippen LogP contribution is 2.34. The van der Waals surface area contributed by atoms with Crippen LogP contribution in [-0.4, -0.2) is 12.6 Å². The summed E-state index contributed by atoms with van der Waals surface area (Å²) >= 11 is 0. The third-order valence-electron chi connectivity index (χ3n) is 3.14. The molecule has 0 aromatic heterocycles. The van der Waals surface area contributed by atoms with E-state index in [1.807, 2.05) is 13.8 Å². The van der Waals surface area contributed by atoms with E-state index in [1.54, 1.807) is 13.0 Å². The van der Waals surface area contributed by atoms with Gasteiger partial charge in [-0.1, -0.05) is 32.0 Å². The third-order valence-corrected chi connectivity index (χ3v) is 3.14. The van der Waals surface area contributed by atoms with E-state index < -0.39 is 11.7 Å². The van der Waals surface area contributed by atoms with E-state index in [-0.39, 0.29) is 30.8 Å². The first-order valence-electron chi connectivity index (χ1n) is 6.58. The Balaban J connectivity index is 3.01. The van der Waals surface area contributed by atoms with Gasteiger partial charge in [-0.2, -0.15) is 13.2 Å². The molecule has 2 nitrogen and oxygen atoms in total. The van der Waals surface area contributed by atoms with E-state index in [1.165, 1.54) is 6.07 Å². The minimum Gasteiger partial charge on any atom is -0.466 e. The van der Waals surface area contributed by atoms with Gasteiger partial charge in [0.25, 0.3) is 0 Å². The van der Waals surface area contributed by atoms with Gasteiger partial charge in [0.15, 0.2) is 0 Å². The van der Waals surface area contributed by atoms with Crippen LogP contribution in [0.4, 0.5) is 13.2 Å². The van der Waals surface area contributed by atoms with Crippen molar-refractivity contribution in [2.24, 2.45) is 5.92 Å². The van der Waals surface area contributed by atoms with E-state index >= 15 is 0 Å². The maximum Gasteiger partial charge on any atom is 0.416 e. The van der Waals surface area contributed by atoms with Crippen LogP contribution in [0.25, 0.3) is 0 Å². The lowest BCUT2D eigenvalue weighted by molar-refractivity contribution is -0.143. The van der Waals surface area contributed by atoms with Crippen molar-refractivity contribution in [2.75, 3.05) is 6.61 Å². The Labute approximate surface area is 116 Å². The Bertz CT molecular complexity index is 453. The number of carbonyl (C=O) groups is 1. The molecule has 0 fully saturated rings. The average Bonchev–Trinajstić information content (AvgIpc) is 2.35. The first kappa shape index (κ1) is 16.5. The maximum atomic E-state index is 12.7. The third kappa shape index (κ3) is 4.54. The molecule has 1 unspecified atom stereocenters. The van der Waals surface area contributed by atoms with E-state index in [2.05, 4.69) is 0 Å². The Morgan fingerprint density at radius 1 is 1.30 bits per heavy atom. The van der Waals surface area contributed by atoms with E-state index in [0.29, 0.717) is 5.56 Å². The molecule has 0 saturated heterocycles. The summed E-state index contributed by atoms with van der Waals surface area (Å²) < 4.78 is 43.1. The Morgan fingerprint density at radius 2 is 1.95 bits per heavy atom. The quantitative estimate of drug-likeness (QED) is 0.751. The molecule has 5 heteroatoms. The summed E-state index contributed by atoms with van der Waals surface area (Å²) in [6.07, 6.45) is -4.28. The zero-order chi connectivity index (χ0) is 15.3. The molecular weight excluding hydrogens is 269 g/mol. The van der Waals surface area contributed by atoms with Crippen molar-refractivity contribution in [3.63, 3.8) is 0 Å². The molecule has 0 spiro atoms. The first-order chi connectivity index (χ1) is 9.25. The molecule has 0 amide bonds. The molecule has 0 radical (unpaired) electrons.